The minimum absolute atomic E-state index is 0.169. The Kier molecular flexibility index (Phi) is 6.67. The van der Waals surface area contributed by atoms with Crippen LogP contribution in [0.3, 0.4) is 0 Å². The van der Waals surface area contributed by atoms with Gasteiger partial charge in [0.2, 0.25) is 5.91 Å². The number of rotatable bonds is 9. The number of imide groups is 1. The Morgan fingerprint density at radius 1 is 0.946 bits per heavy atom. The number of hydrogen-bond acceptors (Lipinski definition) is 4. The van der Waals surface area contributed by atoms with Gasteiger partial charge in [0, 0.05) is 53.3 Å². The molecule has 3 heterocycles. The lowest BCUT2D eigenvalue weighted by Gasteiger charge is -2.18. The van der Waals surface area contributed by atoms with E-state index in [4.69, 9.17) is 0 Å². The van der Waals surface area contributed by atoms with E-state index >= 15 is 0 Å². The Balaban J connectivity index is 1.69. The highest BCUT2D eigenvalue weighted by molar-refractivity contribution is 6.50. The summed E-state index contributed by atoms with van der Waals surface area (Å²) in [5, 5.41) is 7.14. The molecule has 1 aliphatic rings. The number of carbonyl (C=O) groups excluding carboxylic acids is 3. The van der Waals surface area contributed by atoms with E-state index in [1.807, 2.05) is 48.7 Å². The summed E-state index contributed by atoms with van der Waals surface area (Å²) in [7, 11) is 0. The summed E-state index contributed by atoms with van der Waals surface area (Å²) >= 11 is 0. The average molecular weight is 498 g/mol. The van der Waals surface area contributed by atoms with E-state index in [-0.39, 0.29) is 5.91 Å². The van der Waals surface area contributed by atoms with Crippen molar-refractivity contribution >= 4 is 56.4 Å². The van der Waals surface area contributed by atoms with Crippen LogP contribution in [0.25, 0.3) is 33.0 Å². The first kappa shape index (κ1) is 24.5. The number of nitrogens with zero attached hydrogens (tertiary/aromatic N) is 2. The van der Waals surface area contributed by atoms with Crippen molar-refractivity contribution in [2.45, 2.75) is 33.7 Å². The minimum atomic E-state index is -0.419. The standard InChI is InChI=1S/C29H31N5O3/c1-4-33(5-2)14-9-15-34-17-22(20-11-8-13-24(27(20)34)31-18(3)35)26-25(28(36)32-29(26)37)21-16-30-23-12-7-6-10-19(21)23/h6-8,10-13,16-17,30H,4-5,9,14-15H2,1-3H3,(H,31,35)(H,32,36,37). The fourth-order valence-electron chi connectivity index (χ4n) is 5.28. The van der Waals surface area contributed by atoms with Crippen LogP contribution in [0.4, 0.5) is 5.69 Å². The second-order valence-electron chi connectivity index (χ2n) is 9.28. The SMILES string of the molecule is CCN(CC)CCCn1cc(C2=C(c3c[nH]c4ccccc34)C(=O)NC2=O)c2cccc(NC(C)=O)c21. The van der Waals surface area contributed by atoms with Crippen molar-refractivity contribution < 1.29 is 14.4 Å². The van der Waals surface area contributed by atoms with Crippen molar-refractivity contribution in [1.82, 2.24) is 19.8 Å². The predicted octanol–water partition coefficient (Wildman–Crippen LogP) is 4.38. The van der Waals surface area contributed by atoms with Crippen molar-refractivity contribution in [1.29, 1.82) is 0 Å². The highest BCUT2D eigenvalue weighted by atomic mass is 16.2. The maximum Gasteiger partial charge on any atom is 0.259 e. The van der Waals surface area contributed by atoms with Crippen molar-refractivity contribution in [3.8, 4) is 0 Å². The summed E-state index contributed by atoms with van der Waals surface area (Å²) in [6.45, 7) is 9.38. The van der Waals surface area contributed by atoms with Gasteiger partial charge in [-0.3, -0.25) is 19.7 Å². The fraction of sp³-hybridized carbons (Fsp3) is 0.276. The number of carbonyl (C=O) groups is 3. The number of fused-ring (bicyclic) bond motifs is 2. The molecule has 0 saturated carbocycles. The zero-order valence-electron chi connectivity index (χ0n) is 21.4. The molecule has 2 aromatic carbocycles. The zero-order valence-corrected chi connectivity index (χ0v) is 21.4. The van der Waals surface area contributed by atoms with Crippen LogP contribution in [0.5, 0.6) is 0 Å². The Morgan fingerprint density at radius 3 is 2.38 bits per heavy atom. The Hall–Kier alpha value is -4.17. The van der Waals surface area contributed by atoms with E-state index in [0.717, 1.165) is 47.9 Å². The summed E-state index contributed by atoms with van der Waals surface area (Å²) in [6.07, 6.45) is 4.63. The molecule has 0 spiro atoms. The lowest BCUT2D eigenvalue weighted by molar-refractivity contribution is -0.123. The molecular weight excluding hydrogens is 466 g/mol. The molecule has 0 bridgehead atoms. The number of benzene rings is 2. The third-order valence-corrected chi connectivity index (χ3v) is 7.04. The lowest BCUT2D eigenvalue weighted by atomic mass is 9.95. The number of H-pyrrole nitrogens is 1. The average Bonchev–Trinajstić information content (AvgIpc) is 3.54. The maximum atomic E-state index is 13.2. The van der Waals surface area contributed by atoms with E-state index in [9.17, 15) is 14.4 Å². The molecule has 1 aliphatic heterocycles. The number of nitrogens with one attached hydrogen (secondary N) is 3. The Labute approximate surface area is 215 Å². The molecule has 8 heteroatoms. The smallest absolute Gasteiger partial charge is 0.259 e. The number of anilines is 1. The van der Waals surface area contributed by atoms with Crippen LogP contribution in [0.15, 0.2) is 54.9 Å². The molecule has 0 atom stereocenters. The molecule has 0 radical (unpaired) electrons. The van der Waals surface area contributed by atoms with Crippen molar-refractivity contribution in [2.75, 3.05) is 25.0 Å². The second-order valence-corrected chi connectivity index (χ2v) is 9.28. The number of aromatic nitrogens is 2. The van der Waals surface area contributed by atoms with Gasteiger partial charge in [0.05, 0.1) is 22.4 Å². The van der Waals surface area contributed by atoms with E-state index in [0.29, 0.717) is 34.5 Å². The summed E-state index contributed by atoms with van der Waals surface area (Å²) < 4.78 is 2.09. The number of amides is 3. The normalized spacial score (nSPS) is 13.8. The number of hydrogen-bond donors (Lipinski definition) is 3. The summed E-state index contributed by atoms with van der Waals surface area (Å²) in [5.41, 5.74) is 4.48. The number of aromatic amines is 1. The highest BCUT2D eigenvalue weighted by Crippen LogP contribution is 2.39. The van der Waals surface area contributed by atoms with Gasteiger partial charge < -0.3 is 19.8 Å². The van der Waals surface area contributed by atoms with Gasteiger partial charge >= 0.3 is 0 Å². The molecule has 0 unspecified atom stereocenters. The van der Waals surface area contributed by atoms with E-state index < -0.39 is 11.8 Å². The van der Waals surface area contributed by atoms with E-state index in [1.165, 1.54) is 6.92 Å². The molecular formula is C29H31N5O3. The van der Waals surface area contributed by atoms with E-state index in [2.05, 4.69) is 38.9 Å². The molecule has 0 fully saturated rings. The Morgan fingerprint density at radius 2 is 1.65 bits per heavy atom. The third kappa shape index (κ3) is 4.44. The number of para-hydroxylation sites is 2. The molecule has 0 aliphatic carbocycles. The molecule has 3 amide bonds. The topological polar surface area (TPSA) is 99.2 Å². The summed E-state index contributed by atoms with van der Waals surface area (Å²) in [6, 6.07) is 13.4. The molecule has 4 aromatic rings. The predicted molar refractivity (Wildman–Crippen MR) is 147 cm³/mol. The first-order chi connectivity index (χ1) is 17.9. The van der Waals surface area contributed by atoms with Crippen LogP contribution in [0, 0.1) is 0 Å². The van der Waals surface area contributed by atoms with Crippen LogP contribution in [0.2, 0.25) is 0 Å². The molecule has 37 heavy (non-hydrogen) atoms. The minimum Gasteiger partial charge on any atom is -0.361 e. The van der Waals surface area contributed by atoms with Gasteiger partial charge in [-0.15, -0.1) is 0 Å². The maximum absolute atomic E-state index is 13.2. The van der Waals surface area contributed by atoms with Gasteiger partial charge in [-0.05, 0) is 38.2 Å². The molecule has 190 valence electrons. The van der Waals surface area contributed by atoms with Crippen LogP contribution in [-0.2, 0) is 20.9 Å². The summed E-state index contributed by atoms with van der Waals surface area (Å²) in [5.74, 6) is -1.000. The monoisotopic (exact) mass is 497 g/mol. The molecule has 3 N–H and O–H groups in total. The zero-order chi connectivity index (χ0) is 26.1. The van der Waals surface area contributed by atoms with Crippen LogP contribution >= 0.6 is 0 Å². The van der Waals surface area contributed by atoms with Gasteiger partial charge in [0.1, 0.15) is 0 Å². The molecule has 8 nitrogen and oxygen atoms in total. The molecule has 5 rings (SSSR count). The van der Waals surface area contributed by atoms with Crippen molar-refractivity contribution in [3.63, 3.8) is 0 Å². The first-order valence-corrected chi connectivity index (χ1v) is 12.7. The largest absolute Gasteiger partial charge is 0.361 e. The Bertz CT molecular complexity index is 1550. The van der Waals surface area contributed by atoms with Crippen LogP contribution in [0.1, 0.15) is 38.3 Å². The van der Waals surface area contributed by atoms with Gasteiger partial charge in [-0.25, -0.2) is 0 Å². The lowest BCUT2D eigenvalue weighted by Crippen LogP contribution is -2.24. The van der Waals surface area contributed by atoms with E-state index in [1.54, 1.807) is 6.20 Å². The molecule has 2 aromatic heterocycles. The quantitative estimate of drug-likeness (QED) is 0.299. The summed E-state index contributed by atoms with van der Waals surface area (Å²) in [4.78, 5) is 43.9. The van der Waals surface area contributed by atoms with Gasteiger partial charge in [0.25, 0.3) is 11.8 Å². The van der Waals surface area contributed by atoms with Crippen molar-refractivity contribution in [2.24, 2.45) is 0 Å². The fourth-order valence-corrected chi connectivity index (χ4v) is 5.28. The second kappa shape index (κ2) is 10.1. The third-order valence-electron chi connectivity index (χ3n) is 7.04. The highest BCUT2D eigenvalue weighted by Gasteiger charge is 2.35. The van der Waals surface area contributed by atoms with Gasteiger partial charge in [0.15, 0.2) is 0 Å². The van der Waals surface area contributed by atoms with Crippen molar-refractivity contribution in [3.05, 3.63) is 66.0 Å². The first-order valence-electron chi connectivity index (χ1n) is 12.7. The number of aryl methyl sites for hydroxylation is 1. The van der Waals surface area contributed by atoms with Crippen LogP contribution in [-0.4, -0.2) is 51.8 Å². The molecule has 0 saturated heterocycles. The van der Waals surface area contributed by atoms with Gasteiger partial charge in [-0.2, -0.15) is 0 Å². The van der Waals surface area contributed by atoms with Crippen LogP contribution < -0.4 is 10.6 Å². The van der Waals surface area contributed by atoms with Gasteiger partial charge in [-0.1, -0.05) is 44.2 Å².